The fraction of sp³-hybridized carbons (Fsp3) is 0.444. The van der Waals surface area contributed by atoms with Crippen molar-refractivity contribution in [1.82, 2.24) is 14.7 Å². The number of hydrogen-bond acceptors (Lipinski definition) is 3. The number of nitrogens with zero attached hydrogens (tertiary/aromatic N) is 4. The van der Waals surface area contributed by atoms with Crippen LogP contribution in [-0.4, -0.2) is 46.3 Å². The minimum atomic E-state index is -0.160. The lowest BCUT2D eigenvalue weighted by Gasteiger charge is -2.38. The van der Waals surface area contributed by atoms with Crippen LogP contribution in [0, 0.1) is 5.82 Å². The lowest BCUT2D eigenvalue weighted by molar-refractivity contribution is 0.0701. The maximum Gasteiger partial charge on any atom is 0.272 e. The van der Waals surface area contributed by atoms with Gasteiger partial charge in [0.25, 0.3) is 5.91 Å². The molecular weight excluding hydrogens is 307 g/mol. The van der Waals surface area contributed by atoms with Gasteiger partial charge in [0.05, 0.1) is 0 Å². The number of halogens is 1. The molecule has 0 spiro atoms. The SMILES string of the molecule is Cn1nccc1C(=O)N1CCC(N2CCc3cc(F)ccc32)CC1. The average molecular weight is 328 g/mol. The van der Waals surface area contributed by atoms with Gasteiger partial charge in [-0.1, -0.05) is 0 Å². The maximum absolute atomic E-state index is 13.4. The second-order valence-electron chi connectivity index (χ2n) is 6.58. The van der Waals surface area contributed by atoms with Crippen molar-refractivity contribution in [1.29, 1.82) is 0 Å². The van der Waals surface area contributed by atoms with Gasteiger partial charge in [0.15, 0.2) is 0 Å². The van der Waals surface area contributed by atoms with Crippen LogP contribution in [0.2, 0.25) is 0 Å². The average Bonchev–Trinajstić information content (AvgIpc) is 3.20. The smallest absolute Gasteiger partial charge is 0.272 e. The van der Waals surface area contributed by atoms with Crippen molar-refractivity contribution in [2.75, 3.05) is 24.5 Å². The monoisotopic (exact) mass is 328 g/mol. The number of amides is 1. The molecule has 0 aliphatic carbocycles. The highest BCUT2D eigenvalue weighted by atomic mass is 19.1. The van der Waals surface area contributed by atoms with Crippen LogP contribution in [0.4, 0.5) is 10.1 Å². The van der Waals surface area contributed by atoms with Crippen LogP contribution < -0.4 is 4.90 Å². The summed E-state index contributed by atoms with van der Waals surface area (Å²) in [6.45, 7) is 2.45. The normalized spacial score (nSPS) is 18.1. The number of rotatable bonds is 2. The van der Waals surface area contributed by atoms with E-state index in [0.29, 0.717) is 11.7 Å². The molecule has 2 aliphatic heterocycles. The molecule has 3 heterocycles. The topological polar surface area (TPSA) is 41.4 Å². The number of aryl methyl sites for hydroxylation is 1. The van der Waals surface area contributed by atoms with Gasteiger partial charge in [-0.3, -0.25) is 9.48 Å². The van der Waals surface area contributed by atoms with Crippen molar-refractivity contribution in [3.8, 4) is 0 Å². The second kappa shape index (κ2) is 5.92. The Kier molecular flexibility index (Phi) is 3.75. The molecule has 4 rings (SSSR count). The Hall–Kier alpha value is -2.37. The first-order valence-electron chi connectivity index (χ1n) is 8.46. The summed E-state index contributed by atoms with van der Waals surface area (Å²) in [5.41, 5.74) is 2.90. The molecule has 0 saturated carbocycles. The zero-order valence-electron chi connectivity index (χ0n) is 13.8. The number of likely N-dealkylation sites (tertiary alicyclic amines) is 1. The van der Waals surface area contributed by atoms with Gasteiger partial charge < -0.3 is 9.80 Å². The van der Waals surface area contributed by atoms with Crippen LogP contribution in [0.1, 0.15) is 28.9 Å². The van der Waals surface area contributed by atoms with E-state index in [0.717, 1.165) is 50.1 Å². The third-order valence-corrected chi connectivity index (χ3v) is 5.21. The number of carbonyl (C=O) groups is 1. The Morgan fingerprint density at radius 3 is 2.71 bits per heavy atom. The molecule has 0 bridgehead atoms. The Morgan fingerprint density at radius 2 is 2.00 bits per heavy atom. The number of hydrogen-bond donors (Lipinski definition) is 0. The van der Waals surface area contributed by atoms with Gasteiger partial charge in [-0.2, -0.15) is 5.10 Å². The summed E-state index contributed by atoms with van der Waals surface area (Å²) in [4.78, 5) is 16.9. The molecule has 1 amide bonds. The number of anilines is 1. The number of piperidine rings is 1. The van der Waals surface area contributed by atoms with Crippen molar-refractivity contribution in [3.63, 3.8) is 0 Å². The highest BCUT2D eigenvalue weighted by Crippen LogP contribution is 2.33. The highest BCUT2D eigenvalue weighted by molar-refractivity contribution is 5.92. The molecule has 5 nitrogen and oxygen atoms in total. The van der Waals surface area contributed by atoms with Gasteiger partial charge >= 0.3 is 0 Å². The van der Waals surface area contributed by atoms with E-state index < -0.39 is 0 Å². The summed E-state index contributed by atoms with van der Waals surface area (Å²) in [6.07, 6.45) is 4.45. The van der Waals surface area contributed by atoms with Crippen molar-refractivity contribution in [2.24, 2.45) is 7.05 Å². The first-order valence-corrected chi connectivity index (χ1v) is 8.46. The molecule has 1 aromatic heterocycles. The minimum absolute atomic E-state index is 0.0531. The van der Waals surface area contributed by atoms with Gasteiger partial charge in [-0.05, 0) is 49.1 Å². The molecule has 1 fully saturated rings. The molecule has 1 aromatic carbocycles. The van der Waals surface area contributed by atoms with Crippen LogP contribution in [0.5, 0.6) is 0 Å². The molecule has 126 valence electrons. The van der Waals surface area contributed by atoms with Crippen molar-refractivity contribution >= 4 is 11.6 Å². The zero-order chi connectivity index (χ0) is 16.7. The predicted molar refractivity (Wildman–Crippen MR) is 89.6 cm³/mol. The Bertz CT molecular complexity index is 764. The number of carbonyl (C=O) groups excluding carboxylic acids is 1. The van der Waals surface area contributed by atoms with Crippen LogP contribution in [0.25, 0.3) is 0 Å². The maximum atomic E-state index is 13.4. The minimum Gasteiger partial charge on any atom is -0.368 e. The summed E-state index contributed by atoms with van der Waals surface area (Å²) < 4.78 is 15.0. The van der Waals surface area contributed by atoms with Crippen LogP contribution in [-0.2, 0) is 13.5 Å². The Labute approximate surface area is 140 Å². The number of fused-ring (bicyclic) bond motifs is 1. The Balaban J connectivity index is 1.43. The lowest BCUT2D eigenvalue weighted by atomic mass is 10.0. The van der Waals surface area contributed by atoms with E-state index in [1.807, 2.05) is 11.0 Å². The molecule has 0 atom stereocenters. The summed E-state index contributed by atoms with van der Waals surface area (Å²) in [5, 5.41) is 4.07. The van der Waals surface area contributed by atoms with Gasteiger partial charge in [0, 0.05) is 44.6 Å². The van der Waals surface area contributed by atoms with E-state index in [1.165, 1.54) is 6.07 Å². The molecule has 2 aromatic rings. The van der Waals surface area contributed by atoms with E-state index >= 15 is 0 Å². The largest absolute Gasteiger partial charge is 0.368 e. The standard InChI is InChI=1S/C18H21FN4O/c1-21-17(4-8-20-21)18(24)22-9-6-15(7-10-22)23-11-5-13-12-14(19)2-3-16(13)23/h2-4,8,12,15H,5-7,9-11H2,1H3. The number of benzene rings is 1. The fourth-order valence-corrected chi connectivity index (χ4v) is 3.90. The first-order chi connectivity index (χ1) is 11.6. The van der Waals surface area contributed by atoms with Crippen molar-refractivity contribution in [2.45, 2.75) is 25.3 Å². The van der Waals surface area contributed by atoms with Crippen molar-refractivity contribution in [3.05, 3.63) is 47.5 Å². The van der Waals surface area contributed by atoms with E-state index in [2.05, 4.69) is 10.00 Å². The molecule has 6 heteroatoms. The molecule has 0 radical (unpaired) electrons. The Morgan fingerprint density at radius 1 is 1.21 bits per heavy atom. The van der Waals surface area contributed by atoms with E-state index in [9.17, 15) is 9.18 Å². The highest BCUT2D eigenvalue weighted by Gasteiger charge is 2.31. The molecule has 2 aliphatic rings. The second-order valence-corrected chi connectivity index (χ2v) is 6.58. The fourth-order valence-electron chi connectivity index (χ4n) is 3.90. The molecule has 24 heavy (non-hydrogen) atoms. The third-order valence-electron chi connectivity index (χ3n) is 5.21. The predicted octanol–water partition coefficient (Wildman–Crippen LogP) is 2.23. The summed E-state index contributed by atoms with van der Waals surface area (Å²) in [5.74, 6) is -0.107. The van der Waals surface area contributed by atoms with Gasteiger partial charge in [0.1, 0.15) is 11.5 Å². The third kappa shape index (κ3) is 2.56. The molecule has 0 unspecified atom stereocenters. The molecular formula is C18H21FN4O. The van der Waals surface area contributed by atoms with E-state index in [-0.39, 0.29) is 11.7 Å². The zero-order valence-corrected chi connectivity index (χ0v) is 13.8. The number of aromatic nitrogens is 2. The molecule has 0 N–H and O–H groups in total. The van der Waals surface area contributed by atoms with Crippen LogP contribution in [0.3, 0.4) is 0 Å². The van der Waals surface area contributed by atoms with Crippen molar-refractivity contribution < 1.29 is 9.18 Å². The van der Waals surface area contributed by atoms with Crippen LogP contribution >= 0.6 is 0 Å². The summed E-state index contributed by atoms with van der Waals surface area (Å²) >= 11 is 0. The van der Waals surface area contributed by atoms with Crippen LogP contribution in [0.15, 0.2) is 30.5 Å². The quantitative estimate of drug-likeness (QED) is 0.849. The summed E-state index contributed by atoms with van der Waals surface area (Å²) in [7, 11) is 1.79. The van der Waals surface area contributed by atoms with Gasteiger partial charge in [-0.25, -0.2) is 4.39 Å². The first kappa shape index (κ1) is 15.2. The van der Waals surface area contributed by atoms with Gasteiger partial charge in [0.2, 0.25) is 0 Å². The lowest BCUT2D eigenvalue weighted by Crippen LogP contribution is -2.46. The van der Waals surface area contributed by atoms with Gasteiger partial charge in [-0.15, -0.1) is 0 Å². The van der Waals surface area contributed by atoms with E-state index in [1.54, 1.807) is 30.1 Å². The summed E-state index contributed by atoms with van der Waals surface area (Å²) in [6, 6.07) is 7.27. The molecule has 1 saturated heterocycles. The van der Waals surface area contributed by atoms with E-state index in [4.69, 9.17) is 0 Å².